The van der Waals surface area contributed by atoms with E-state index >= 15 is 0 Å². The van der Waals surface area contributed by atoms with Crippen LogP contribution in [-0.4, -0.2) is 50.2 Å². The van der Waals surface area contributed by atoms with Gasteiger partial charge in [0.15, 0.2) is 0 Å². The molecular weight excluding hydrogens is 255 g/mol. The Balaban J connectivity index is 2.22. The SMILES string of the molecule is N#Cc1c(CO)cnn1C1CCN(C(=O)O)CC1F. The third kappa shape index (κ3) is 2.37. The molecule has 1 amide bonds. The van der Waals surface area contributed by atoms with Crippen molar-refractivity contribution in [2.24, 2.45) is 0 Å². The number of aliphatic hydroxyl groups excluding tert-OH is 1. The fourth-order valence-electron chi connectivity index (χ4n) is 2.23. The summed E-state index contributed by atoms with van der Waals surface area (Å²) in [5.41, 5.74) is 0.467. The van der Waals surface area contributed by atoms with Crippen molar-refractivity contribution in [3.8, 4) is 6.07 Å². The number of piperidine rings is 1. The van der Waals surface area contributed by atoms with Crippen molar-refractivity contribution in [2.45, 2.75) is 25.2 Å². The maximum absolute atomic E-state index is 14.0. The van der Waals surface area contributed by atoms with E-state index in [4.69, 9.17) is 15.5 Å². The number of rotatable bonds is 2. The summed E-state index contributed by atoms with van der Waals surface area (Å²) < 4.78 is 15.3. The van der Waals surface area contributed by atoms with Crippen molar-refractivity contribution in [2.75, 3.05) is 13.1 Å². The standard InChI is InChI=1S/C11H13FN4O3/c12-8-5-15(11(18)19)2-1-9(8)16-10(3-13)7(6-17)4-14-16/h4,8-9,17H,1-2,5-6H2,(H,18,19). The molecule has 7 nitrogen and oxygen atoms in total. The van der Waals surface area contributed by atoms with E-state index in [2.05, 4.69) is 5.10 Å². The molecule has 2 heterocycles. The van der Waals surface area contributed by atoms with Gasteiger partial charge in [0.1, 0.15) is 17.9 Å². The number of likely N-dealkylation sites (tertiary alicyclic amines) is 1. The monoisotopic (exact) mass is 268 g/mol. The minimum atomic E-state index is -1.43. The lowest BCUT2D eigenvalue weighted by Crippen LogP contribution is -2.45. The number of hydrogen-bond acceptors (Lipinski definition) is 4. The van der Waals surface area contributed by atoms with Crippen molar-refractivity contribution in [1.82, 2.24) is 14.7 Å². The zero-order chi connectivity index (χ0) is 14.0. The highest BCUT2D eigenvalue weighted by Gasteiger charge is 2.34. The number of amides is 1. The average Bonchev–Trinajstić information content (AvgIpc) is 2.80. The van der Waals surface area contributed by atoms with Crippen molar-refractivity contribution in [3.05, 3.63) is 17.5 Å². The highest BCUT2D eigenvalue weighted by molar-refractivity contribution is 5.65. The molecule has 1 aromatic rings. The Morgan fingerprint density at radius 2 is 2.42 bits per heavy atom. The minimum absolute atomic E-state index is 0.124. The van der Waals surface area contributed by atoms with Crippen molar-refractivity contribution in [3.63, 3.8) is 0 Å². The highest BCUT2D eigenvalue weighted by Crippen LogP contribution is 2.27. The van der Waals surface area contributed by atoms with E-state index in [0.717, 1.165) is 4.90 Å². The van der Waals surface area contributed by atoms with E-state index in [-0.39, 0.29) is 31.8 Å². The second-order valence-electron chi connectivity index (χ2n) is 4.33. The molecule has 19 heavy (non-hydrogen) atoms. The Hall–Kier alpha value is -2.14. The van der Waals surface area contributed by atoms with Gasteiger partial charge in [0.05, 0.1) is 25.4 Å². The predicted octanol–water partition coefficient (Wildman–Crippen LogP) is 0.510. The smallest absolute Gasteiger partial charge is 0.407 e. The van der Waals surface area contributed by atoms with Crippen molar-refractivity contribution < 1.29 is 19.4 Å². The lowest BCUT2D eigenvalue weighted by atomic mass is 10.0. The number of carbonyl (C=O) groups is 1. The van der Waals surface area contributed by atoms with E-state index in [1.807, 2.05) is 6.07 Å². The van der Waals surface area contributed by atoms with Gasteiger partial charge >= 0.3 is 6.09 Å². The Bertz CT molecular complexity index is 525. The fraction of sp³-hybridized carbons (Fsp3) is 0.545. The van der Waals surface area contributed by atoms with Crippen LogP contribution >= 0.6 is 0 Å². The van der Waals surface area contributed by atoms with Crippen LogP contribution in [0.4, 0.5) is 9.18 Å². The molecule has 2 rings (SSSR count). The second-order valence-corrected chi connectivity index (χ2v) is 4.33. The summed E-state index contributed by atoms with van der Waals surface area (Å²) in [7, 11) is 0. The van der Waals surface area contributed by atoms with Gasteiger partial charge in [0, 0.05) is 12.1 Å². The summed E-state index contributed by atoms with van der Waals surface area (Å²) in [6.45, 7) is -0.382. The van der Waals surface area contributed by atoms with Gasteiger partial charge in [-0.15, -0.1) is 0 Å². The summed E-state index contributed by atoms with van der Waals surface area (Å²) in [4.78, 5) is 11.8. The summed E-state index contributed by atoms with van der Waals surface area (Å²) in [5.74, 6) is 0. The van der Waals surface area contributed by atoms with Crippen LogP contribution < -0.4 is 0 Å². The first kappa shape index (κ1) is 13.3. The molecule has 0 radical (unpaired) electrons. The molecule has 2 unspecified atom stereocenters. The molecule has 1 saturated heterocycles. The molecule has 1 aliphatic rings. The summed E-state index contributed by atoms with van der Waals surface area (Å²) >= 11 is 0. The summed E-state index contributed by atoms with van der Waals surface area (Å²) in [6, 6.07) is 1.22. The second kappa shape index (κ2) is 5.24. The first-order valence-corrected chi connectivity index (χ1v) is 5.77. The first-order chi connectivity index (χ1) is 9.08. The molecule has 2 N–H and O–H groups in total. The summed E-state index contributed by atoms with van der Waals surface area (Å²) in [5, 5.41) is 30.8. The topological polar surface area (TPSA) is 102 Å². The maximum atomic E-state index is 14.0. The lowest BCUT2D eigenvalue weighted by Gasteiger charge is -2.33. The Labute approximate surface area is 108 Å². The Morgan fingerprint density at radius 1 is 1.68 bits per heavy atom. The van der Waals surface area contributed by atoms with Gasteiger partial charge in [-0.3, -0.25) is 0 Å². The molecule has 0 saturated carbocycles. The van der Waals surface area contributed by atoms with Gasteiger partial charge in [-0.1, -0.05) is 0 Å². The third-order valence-electron chi connectivity index (χ3n) is 3.24. The zero-order valence-electron chi connectivity index (χ0n) is 10.0. The number of nitriles is 1. The molecule has 1 fully saturated rings. The van der Waals surface area contributed by atoms with Gasteiger partial charge in [-0.2, -0.15) is 10.4 Å². The van der Waals surface area contributed by atoms with Crippen LogP contribution in [-0.2, 0) is 6.61 Å². The van der Waals surface area contributed by atoms with Gasteiger partial charge in [-0.05, 0) is 6.42 Å². The molecule has 0 aromatic carbocycles. The van der Waals surface area contributed by atoms with E-state index < -0.39 is 18.3 Å². The number of halogens is 1. The van der Waals surface area contributed by atoms with Crippen LogP contribution in [0.25, 0.3) is 0 Å². The van der Waals surface area contributed by atoms with Crippen LogP contribution in [0.15, 0.2) is 6.20 Å². The largest absolute Gasteiger partial charge is 0.465 e. The van der Waals surface area contributed by atoms with Gasteiger partial charge in [-0.25, -0.2) is 13.9 Å². The fourth-order valence-corrected chi connectivity index (χ4v) is 2.23. The Kier molecular flexibility index (Phi) is 3.66. The van der Waals surface area contributed by atoms with Crippen molar-refractivity contribution >= 4 is 6.09 Å². The minimum Gasteiger partial charge on any atom is -0.465 e. The van der Waals surface area contributed by atoms with E-state index in [9.17, 15) is 9.18 Å². The van der Waals surface area contributed by atoms with Crippen LogP contribution in [0.2, 0.25) is 0 Å². The number of aromatic nitrogens is 2. The number of aliphatic hydroxyl groups is 1. The molecule has 1 aromatic heterocycles. The van der Waals surface area contributed by atoms with Crippen LogP contribution in [0, 0.1) is 11.3 Å². The van der Waals surface area contributed by atoms with Gasteiger partial charge in [0.25, 0.3) is 0 Å². The number of carboxylic acid groups (broad SMARTS) is 1. The zero-order valence-corrected chi connectivity index (χ0v) is 10.0. The number of nitrogens with zero attached hydrogens (tertiary/aromatic N) is 4. The molecular formula is C11H13FN4O3. The Morgan fingerprint density at radius 3 is 2.95 bits per heavy atom. The molecule has 2 atom stereocenters. The van der Waals surface area contributed by atoms with E-state index in [0.29, 0.717) is 5.56 Å². The average molecular weight is 268 g/mol. The number of hydrogen-bond donors (Lipinski definition) is 2. The molecule has 102 valence electrons. The molecule has 0 bridgehead atoms. The quantitative estimate of drug-likeness (QED) is 0.813. The first-order valence-electron chi connectivity index (χ1n) is 5.77. The normalized spacial score (nSPS) is 23.1. The third-order valence-corrected chi connectivity index (χ3v) is 3.24. The molecule has 8 heteroatoms. The van der Waals surface area contributed by atoms with E-state index in [1.165, 1.54) is 10.9 Å². The van der Waals surface area contributed by atoms with Crippen LogP contribution in [0.5, 0.6) is 0 Å². The lowest BCUT2D eigenvalue weighted by molar-refractivity contribution is 0.0751. The van der Waals surface area contributed by atoms with Gasteiger partial charge in [0.2, 0.25) is 0 Å². The number of alkyl halides is 1. The van der Waals surface area contributed by atoms with Crippen molar-refractivity contribution in [1.29, 1.82) is 5.26 Å². The molecule has 1 aliphatic heterocycles. The molecule has 0 aliphatic carbocycles. The van der Waals surface area contributed by atoms with Gasteiger partial charge < -0.3 is 15.1 Å². The van der Waals surface area contributed by atoms with Crippen LogP contribution in [0.3, 0.4) is 0 Å². The van der Waals surface area contributed by atoms with Crippen LogP contribution in [0.1, 0.15) is 23.7 Å². The predicted molar refractivity (Wildman–Crippen MR) is 61.0 cm³/mol. The maximum Gasteiger partial charge on any atom is 0.407 e. The van der Waals surface area contributed by atoms with E-state index in [1.54, 1.807) is 0 Å². The highest BCUT2D eigenvalue weighted by atomic mass is 19.1. The molecule has 0 spiro atoms. The summed E-state index contributed by atoms with van der Waals surface area (Å²) in [6.07, 6.45) is -1.01.